The fourth-order valence-corrected chi connectivity index (χ4v) is 2.02. The minimum atomic E-state index is 0.748. The van der Waals surface area contributed by atoms with Gasteiger partial charge in [0.15, 0.2) is 0 Å². The Hall–Kier alpha value is -1.71. The Labute approximate surface area is 114 Å². The molecule has 0 fully saturated rings. The Morgan fingerprint density at radius 3 is 2.21 bits per heavy atom. The Bertz CT molecular complexity index is 417. The van der Waals surface area contributed by atoms with Crippen LogP contribution < -0.4 is 0 Å². The van der Waals surface area contributed by atoms with Crippen molar-refractivity contribution < 1.29 is 4.74 Å². The molecule has 0 radical (unpaired) electrons. The standard InChI is InChI=1S/C16H20N2O/c1-19-12-11-18(13-15-5-3-2-4-6-15)14-16-7-9-17-10-8-16/h2-10H,11-14H2,1H3. The van der Waals surface area contributed by atoms with Gasteiger partial charge in [0.25, 0.3) is 0 Å². The molecule has 2 aromatic rings. The summed E-state index contributed by atoms with van der Waals surface area (Å²) in [5.41, 5.74) is 2.61. The van der Waals surface area contributed by atoms with Crippen LogP contribution in [0.15, 0.2) is 54.9 Å². The van der Waals surface area contributed by atoms with Crippen molar-refractivity contribution in [1.29, 1.82) is 0 Å². The molecule has 0 aliphatic heterocycles. The van der Waals surface area contributed by atoms with Gasteiger partial charge in [0.1, 0.15) is 0 Å². The first kappa shape index (κ1) is 13.7. The SMILES string of the molecule is COCCN(Cc1ccccc1)Cc1ccncc1. The molecule has 0 aliphatic rings. The van der Waals surface area contributed by atoms with Crippen LogP contribution in [0.4, 0.5) is 0 Å². The van der Waals surface area contributed by atoms with E-state index in [-0.39, 0.29) is 0 Å². The molecule has 0 saturated heterocycles. The van der Waals surface area contributed by atoms with Crippen LogP contribution in [0.3, 0.4) is 0 Å². The Kier molecular flexibility index (Phi) is 5.53. The third kappa shape index (κ3) is 4.81. The van der Waals surface area contributed by atoms with Crippen molar-refractivity contribution in [3.63, 3.8) is 0 Å². The number of benzene rings is 1. The van der Waals surface area contributed by atoms with E-state index in [9.17, 15) is 0 Å². The number of rotatable bonds is 7. The molecule has 0 bridgehead atoms. The van der Waals surface area contributed by atoms with Crippen LogP contribution in [0.1, 0.15) is 11.1 Å². The third-order valence-electron chi connectivity index (χ3n) is 3.02. The molecule has 3 nitrogen and oxygen atoms in total. The van der Waals surface area contributed by atoms with Crippen molar-refractivity contribution in [1.82, 2.24) is 9.88 Å². The normalized spacial score (nSPS) is 10.8. The predicted molar refractivity (Wildman–Crippen MR) is 76.7 cm³/mol. The van der Waals surface area contributed by atoms with Gasteiger partial charge < -0.3 is 4.74 Å². The van der Waals surface area contributed by atoms with Crippen LogP contribution in [-0.2, 0) is 17.8 Å². The van der Waals surface area contributed by atoms with E-state index in [0.29, 0.717) is 0 Å². The van der Waals surface area contributed by atoms with Crippen LogP contribution in [0, 0.1) is 0 Å². The topological polar surface area (TPSA) is 25.4 Å². The summed E-state index contributed by atoms with van der Waals surface area (Å²) in [6.45, 7) is 3.53. The van der Waals surface area contributed by atoms with Gasteiger partial charge in [-0.2, -0.15) is 0 Å². The monoisotopic (exact) mass is 256 g/mol. The van der Waals surface area contributed by atoms with Crippen LogP contribution >= 0.6 is 0 Å². The molecule has 0 unspecified atom stereocenters. The maximum Gasteiger partial charge on any atom is 0.0589 e. The average molecular weight is 256 g/mol. The zero-order valence-electron chi connectivity index (χ0n) is 11.3. The third-order valence-corrected chi connectivity index (χ3v) is 3.02. The summed E-state index contributed by atoms with van der Waals surface area (Å²) in [4.78, 5) is 6.44. The number of ether oxygens (including phenoxy) is 1. The van der Waals surface area contributed by atoms with Crippen molar-refractivity contribution in [3.05, 3.63) is 66.0 Å². The molecule has 0 spiro atoms. The van der Waals surface area contributed by atoms with Crippen LogP contribution in [0.25, 0.3) is 0 Å². The van der Waals surface area contributed by atoms with Gasteiger partial charge in [0.05, 0.1) is 6.61 Å². The summed E-state index contributed by atoms with van der Waals surface area (Å²) in [5.74, 6) is 0. The second-order valence-corrected chi connectivity index (χ2v) is 4.54. The summed E-state index contributed by atoms with van der Waals surface area (Å²) in [5, 5.41) is 0. The molecule has 3 heteroatoms. The highest BCUT2D eigenvalue weighted by molar-refractivity contribution is 5.15. The molecule has 19 heavy (non-hydrogen) atoms. The summed E-state index contributed by atoms with van der Waals surface area (Å²) in [6.07, 6.45) is 3.68. The summed E-state index contributed by atoms with van der Waals surface area (Å²) >= 11 is 0. The molecular formula is C16H20N2O. The quantitative estimate of drug-likeness (QED) is 0.761. The lowest BCUT2D eigenvalue weighted by Gasteiger charge is -2.22. The van der Waals surface area contributed by atoms with Gasteiger partial charge in [0, 0.05) is 39.1 Å². The molecule has 0 saturated carbocycles. The molecule has 100 valence electrons. The Balaban J connectivity index is 1.99. The molecule has 2 rings (SSSR count). The molecular weight excluding hydrogens is 236 g/mol. The van der Waals surface area contributed by atoms with Crippen molar-refractivity contribution in [2.24, 2.45) is 0 Å². The zero-order valence-corrected chi connectivity index (χ0v) is 11.3. The van der Waals surface area contributed by atoms with Crippen LogP contribution in [0.2, 0.25) is 0 Å². The Morgan fingerprint density at radius 1 is 0.947 bits per heavy atom. The average Bonchev–Trinajstić information content (AvgIpc) is 2.47. The molecule has 0 aliphatic carbocycles. The minimum absolute atomic E-state index is 0.748. The number of aromatic nitrogens is 1. The van der Waals surface area contributed by atoms with Gasteiger partial charge in [-0.3, -0.25) is 9.88 Å². The zero-order chi connectivity index (χ0) is 13.3. The highest BCUT2D eigenvalue weighted by Gasteiger charge is 2.06. The van der Waals surface area contributed by atoms with Crippen molar-refractivity contribution in [2.45, 2.75) is 13.1 Å². The molecule has 0 atom stereocenters. The van der Waals surface area contributed by atoms with Gasteiger partial charge in [0.2, 0.25) is 0 Å². The second-order valence-electron chi connectivity index (χ2n) is 4.54. The van der Waals surface area contributed by atoms with E-state index in [1.165, 1.54) is 11.1 Å². The van der Waals surface area contributed by atoms with E-state index in [1.807, 2.05) is 18.5 Å². The van der Waals surface area contributed by atoms with E-state index in [1.54, 1.807) is 7.11 Å². The fraction of sp³-hybridized carbons (Fsp3) is 0.312. The largest absolute Gasteiger partial charge is 0.383 e. The number of pyridine rings is 1. The number of methoxy groups -OCH3 is 1. The van der Waals surface area contributed by atoms with Crippen molar-refractivity contribution in [2.75, 3.05) is 20.3 Å². The number of nitrogens with zero attached hydrogens (tertiary/aromatic N) is 2. The summed E-state index contributed by atoms with van der Waals surface area (Å²) < 4.78 is 5.19. The van der Waals surface area contributed by atoms with Crippen LogP contribution in [-0.4, -0.2) is 30.1 Å². The maximum absolute atomic E-state index is 5.19. The van der Waals surface area contributed by atoms with E-state index in [0.717, 1.165) is 26.2 Å². The molecule has 1 aromatic heterocycles. The van der Waals surface area contributed by atoms with Crippen molar-refractivity contribution in [3.8, 4) is 0 Å². The van der Waals surface area contributed by atoms with E-state index in [2.05, 4.69) is 46.3 Å². The lowest BCUT2D eigenvalue weighted by atomic mass is 10.2. The maximum atomic E-state index is 5.19. The van der Waals surface area contributed by atoms with Gasteiger partial charge in [-0.1, -0.05) is 30.3 Å². The molecule has 0 N–H and O–H groups in total. The molecule has 0 amide bonds. The summed E-state index contributed by atoms with van der Waals surface area (Å²) in [6, 6.07) is 14.6. The highest BCUT2D eigenvalue weighted by atomic mass is 16.5. The number of hydrogen-bond acceptors (Lipinski definition) is 3. The number of hydrogen-bond donors (Lipinski definition) is 0. The first-order chi connectivity index (χ1) is 9.38. The van der Waals surface area contributed by atoms with Crippen LogP contribution in [0.5, 0.6) is 0 Å². The van der Waals surface area contributed by atoms with E-state index >= 15 is 0 Å². The second kappa shape index (κ2) is 7.67. The first-order valence-corrected chi connectivity index (χ1v) is 6.52. The van der Waals surface area contributed by atoms with Gasteiger partial charge in [-0.25, -0.2) is 0 Å². The summed E-state index contributed by atoms with van der Waals surface area (Å²) in [7, 11) is 1.74. The van der Waals surface area contributed by atoms with Gasteiger partial charge in [-0.05, 0) is 23.3 Å². The first-order valence-electron chi connectivity index (χ1n) is 6.52. The lowest BCUT2D eigenvalue weighted by Crippen LogP contribution is -2.26. The minimum Gasteiger partial charge on any atom is -0.383 e. The van der Waals surface area contributed by atoms with Gasteiger partial charge in [-0.15, -0.1) is 0 Å². The fourth-order valence-electron chi connectivity index (χ4n) is 2.02. The van der Waals surface area contributed by atoms with Gasteiger partial charge >= 0.3 is 0 Å². The molecule has 1 heterocycles. The van der Waals surface area contributed by atoms with E-state index in [4.69, 9.17) is 4.74 Å². The Morgan fingerprint density at radius 2 is 1.58 bits per heavy atom. The lowest BCUT2D eigenvalue weighted by molar-refractivity contribution is 0.140. The highest BCUT2D eigenvalue weighted by Crippen LogP contribution is 2.09. The van der Waals surface area contributed by atoms with E-state index < -0.39 is 0 Å². The molecule has 1 aromatic carbocycles. The predicted octanol–water partition coefficient (Wildman–Crippen LogP) is 2.73. The smallest absolute Gasteiger partial charge is 0.0589 e. The van der Waals surface area contributed by atoms with Crippen molar-refractivity contribution >= 4 is 0 Å².